The van der Waals surface area contributed by atoms with Gasteiger partial charge in [0.2, 0.25) is 0 Å². The average molecular weight is 347 g/mol. The van der Waals surface area contributed by atoms with Crippen molar-refractivity contribution in [2.45, 2.75) is 40.7 Å². The van der Waals surface area contributed by atoms with E-state index in [1.54, 1.807) is 6.07 Å². The van der Waals surface area contributed by atoms with E-state index in [0.29, 0.717) is 23.8 Å². The number of halogens is 1. The molecule has 0 saturated carbocycles. The monoisotopic (exact) mass is 346 g/mol. The number of carbonyl (C=O) groups is 1. The first-order valence-electron chi connectivity index (χ1n) is 8.09. The zero-order chi connectivity index (χ0) is 17.7. The van der Waals surface area contributed by atoms with Crippen molar-refractivity contribution in [1.29, 1.82) is 0 Å². The van der Waals surface area contributed by atoms with Crippen LogP contribution in [-0.2, 0) is 11.3 Å². The third-order valence-corrected chi connectivity index (χ3v) is 4.30. The predicted octanol–water partition coefficient (Wildman–Crippen LogP) is 5.41. The van der Waals surface area contributed by atoms with Gasteiger partial charge < -0.3 is 9.47 Å². The van der Waals surface area contributed by atoms with Crippen LogP contribution in [0.3, 0.4) is 0 Å². The average Bonchev–Trinajstić information content (AvgIpc) is 2.55. The van der Waals surface area contributed by atoms with Crippen LogP contribution in [0.1, 0.15) is 46.0 Å². The fourth-order valence-corrected chi connectivity index (χ4v) is 2.62. The summed E-state index contributed by atoms with van der Waals surface area (Å²) in [5.74, 6) is 0.416. The fraction of sp³-hybridized carbons (Fsp3) is 0.350. The second kappa shape index (κ2) is 8.20. The number of ether oxygens (including phenoxy) is 2. The molecule has 2 aromatic rings. The molecule has 0 N–H and O–H groups in total. The minimum absolute atomic E-state index is 0.295. The van der Waals surface area contributed by atoms with Crippen LogP contribution in [0, 0.1) is 20.8 Å². The van der Waals surface area contributed by atoms with Gasteiger partial charge in [0.15, 0.2) is 0 Å². The maximum atomic E-state index is 12.3. The molecular formula is C20H23ClO3. The number of hydrogen-bond acceptors (Lipinski definition) is 3. The molecule has 0 aromatic heterocycles. The van der Waals surface area contributed by atoms with Gasteiger partial charge in [0.1, 0.15) is 12.4 Å². The molecule has 0 atom stereocenters. The lowest BCUT2D eigenvalue weighted by Gasteiger charge is -2.15. The summed E-state index contributed by atoms with van der Waals surface area (Å²) in [4.78, 5) is 12.3. The quantitative estimate of drug-likeness (QED) is 0.656. The Kier molecular flexibility index (Phi) is 6.27. The van der Waals surface area contributed by atoms with Gasteiger partial charge in [0.05, 0.1) is 12.2 Å². The highest BCUT2D eigenvalue weighted by Crippen LogP contribution is 2.28. The van der Waals surface area contributed by atoms with Crippen LogP contribution in [0.25, 0.3) is 0 Å². The van der Waals surface area contributed by atoms with Crippen LogP contribution in [-0.4, -0.2) is 12.6 Å². The molecule has 2 rings (SSSR count). The van der Waals surface area contributed by atoms with Gasteiger partial charge in [-0.05, 0) is 56.0 Å². The lowest BCUT2D eigenvalue weighted by molar-refractivity contribution is 0.0502. The largest absolute Gasteiger partial charge is 0.489 e. The van der Waals surface area contributed by atoms with E-state index in [-0.39, 0.29) is 5.97 Å². The van der Waals surface area contributed by atoms with Gasteiger partial charge in [-0.1, -0.05) is 36.7 Å². The van der Waals surface area contributed by atoms with Crippen molar-refractivity contribution in [1.82, 2.24) is 0 Å². The molecule has 0 aliphatic carbocycles. The standard InChI is InChI=1S/C20H23ClO3/c1-5-9-23-20(22)16-8-6-7-13(2)17(16)12-24-19-11-18(21)14(3)10-15(19)4/h6-8,10-11H,5,9,12H2,1-4H3. The molecule has 0 amide bonds. The Morgan fingerprint density at radius 2 is 1.83 bits per heavy atom. The zero-order valence-corrected chi connectivity index (χ0v) is 15.4. The highest BCUT2D eigenvalue weighted by Gasteiger charge is 2.15. The molecule has 0 saturated heterocycles. The molecular weight excluding hydrogens is 324 g/mol. The van der Waals surface area contributed by atoms with Gasteiger partial charge >= 0.3 is 5.97 Å². The van der Waals surface area contributed by atoms with Crippen molar-refractivity contribution in [3.8, 4) is 5.75 Å². The molecule has 0 bridgehead atoms. The zero-order valence-electron chi connectivity index (χ0n) is 14.6. The lowest BCUT2D eigenvalue weighted by atomic mass is 10.0. The maximum Gasteiger partial charge on any atom is 0.338 e. The van der Waals surface area contributed by atoms with E-state index in [0.717, 1.165) is 34.4 Å². The van der Waals surface area contributed by atoms with E-state index < -0.39 is 0 Å². The van der Waals surface area contributed by atoms with Crippen LogP contribution >= 0.6 is 11.6 Å². The predicted molar refractivity (Wildman–Crippen MR) is 97.0 cm³/mol. The molecule has 0 aliphatic heterocycles. The van der Waals surface area contributed by atoms with Crippen LogP contribution in [0.4, 0.5) is 0 Å². The third kappa shape index (κ3) is 4.30. The molecule has 0 spiro atoms. The van der Waals surface area contributed by atoms with E-state index >= 15 is 0 Å². The van der Waals surface area contributed by atoms with Crippen molar-refractivity contribution in [2.24, 2.45) is 0 Å². The first-order valence-corrected chi connectivity index (χ1v) is 8.47. The number of aryl methyl sites for hydroxylation is 3. The Hall–Kier alpha value is -2.00. The SMILES string of the molecule is CCCOC(=O)c1cccc(C)c1COc1cc(Cl)c(C)cc1C. The van der Waals surface area contributed by atoms with Crippen molar-refractivity contribution < 1.29 is 14.3 Å². The molecule has 24 heavy (non-hydrogen) atoms. The minimum atomic E-state index is -0.308. The van der Waals surface area contributed by atoms with Crippen LogP contribution < -0.4 is 4.74 Å². The summed E-state index contributed by atoms with van der Waals surface area (Å²) in [6.07, 6.45) is 0.796. The summed E-state index contributed by atoms with van der Waals surface area (Å²) in [6.45, 7) is 8.58. The molecule has 128 valence electrons. The van der Waals surface area contributed by atoms with Crippen molar-refractivity contribution in [3.63, 3.8) is 0 Å². The number of hydrogen-bond donors (Lipinski definition) is 0. The molecule has 3 nitrogen and oxygen atoms in total. The van der Waals surface area contributed by atoms with Crippen molar-refractivity contribution >= 4 is 17.6 Å². The van der Waals surface area contributed by atoms with Gasteiger partial charge in [-0.15, -0.1) is 0 Å². The molecule has 4 heteroatoms. The Labute approximate surface area is 148 Å². The van der Waals surface area contributed by atoms with Gasteiger partial charge in [0.25, 0.3) is 0 Å². The van der Waals surface area contributed by atoms with E-state index in [4.69, 9.17) is 21.1 Å². The maximum absolute atomic E-state index is 12.3. The Morgan fingerprint density at radius 3 is 2.54 bits per heavy atom. The molecule has 2 aromatic carbocycles. The fourth-order valence-electron chi connectivity index (χ4n) is 2.47. The Bertz CT molecular complexity index is 738. The summed E-state index contributed by atoms with van der Waals surface area (Å²) < 4.78 is 11.2. The number of carbonyl (C=O) groups excluding carboxylic acids is 1. The lowest BCUT2D eigenvalue weighted by Crippen LogP contribution is -2.12. The smallest absolute Gasteiger partial charge is 0.338 e. The highest BCUT2D eigenvalue weighted by atomic mass is 35.5. The van der Waals surface area contributed by atoms with Gasteiger partial charge in [0, 0.05) is 10.6 Å². The molecule has 0 heterocycles. The minimum Gasteiger partial charge on any atom is -0.489 e. The van der Waals surface area contributed by atoms with Crippen molar-refractivity contribution in [2.75, 3.05) is 6.61 Å². The Balaban J connectivity index is 2.24. The van der Waals surface area contributed by atoms with E-state index in [2.05, 4.69) is 0 Å². The van der Waals surface area contributed by atoms with E-state index in [1.807, 2.05) is 52.0 Å². The summed E-state index contributed by atoms with van der Waals surface area (Å²) in [5, 5.41) is 0.669. The second-order valence-electron chi connectivity index (χ2n) is 5.89. The topological polar surface area (TPSA) is 35.5 Å². The third-order valence-electron chi connectivity index (χ3n) is 3.90. The summed E-state index contributed by atoms with van der Waals surface area (Å²) in [7, 11) is 0. The Morgan fingerprint density at radius 1 is 1.08 bits per heavy atom. The normalized spacial score (nSPS) is 10.5. The summed E-state index contributed by atoms with van der Waals surface area (Å²) in [5.41, 5.74) is 4.42. The van der Waals surface area contributed by atoms with Crippen LogP contribution in [0.2, 0.25) is 5.02 Å². The van der Waals surface area contributed by atoms with Gasteiger partial charge in [-0.2, -0.15) is 0 Å². The van der Waals surface area contributed by atoms with Gasteiger partial charge in [-0.3, -0.25) is 0 Å². The van der Waals surface area contributed by atoms with Gasteiger partial charge in [-0.25, -0.2) is 4.79 Å². The summed E-state index contributed by atoms with van der Waals surface area (Å²) in [6, 6.07) is 9.41. The molecule has 0 radical (unpaired) electrons. The van der Waals surface area contributed by atoms with E-state index in [9.17, 15) is 4.79 Å². The molecule has 0 unspecified atom stereocenters. The van der Waals surface area contributed by atoms with Crippen LogP contribution in [0.15, 0.2) is 30.3 Å². The van der Waals surface area contributed by atoms with E-state index in [1.165, 1.54) is 0 Å². The summed E-state index contributed by atoms with van der Waals surface area (Å²) >= 11 is 6.18. The number of benzene rings is 2. The van der Waals surface area contributed by atoms with Crippen LogP contribution in [0.5, 0.6) is 5.75 Å². The first kappa shape index (κ1) is 18.3. The number of rotatable bonds is 6. The van der Waals surface area contributed by atoms with Crippen molar-refractivity contribution in [3.05, 3.63) is 63.2 Å². The number of esters is 1. The molecule has 0 fully saturated rings. The highest BCUT2D eigenvalue weighted by molar-refractivity contribution is 6.31. The first-order chi connectivity index (χ1) is 11.4. The second-order valence-corrected chi connectivity index (χ2v) is 6.30. The molecule has 0 aliphatic rings.